The summed E-state index contributed by atoms with van der Waals surface area (Å²) in [6.07, 6.45) is 0.817. The van der Waals surface area contributed by atoms with E-state index in [1.54, 1.807) is 0 Å². The molecule has 0 radical (unpaired) electrons. The minimum absolute atomic E-state index is 0.0325. The van der Waals surface area contributed by atoms with Crippen molar-refractivity contribution in [1.29, 1.82) is 0 Å². The molecule has 1 heterocycles. The predicted molar refractivity (Wildman–Crippen MR) is 80.3 cm³/mol. The summed E-state index contributed by atoms with van der Waals surface area (Å²) in [5, 5.41) is 9.27. The first-order chi connectivity index (χ1) is 9.63. The third-order valence-electron chi connectivity index (χ3n) is 3.43. The normalized spacial score (nSPS) is 22.9. The van der Waals surface area contributed by atoms with Gasteiger partial charge in [-0.3, -0.25) is 0 Å². The third-order valence-corrected chi connectivity index (χ3v) is 3.43. The number of nitrogens with two attached hydrogens (primary N) is 1. The molecule has 20 heavy (non-hydrogen) atoms. The van der Waals surface area contributed by atoms with Crippen molar-refractivity contribution in [3.05, 3.63) is 18.2 Å². The molecule has 0 aliphatic carbocycles. The van der Waals surface area contributed by atoms with Gasteiger partial charge in [0, 0.05) is 36.1 Å². The van der Waals surface area contributed by atoms with Crippen molar-refractivity contribution in [3.63, 3.8) is 0 Å². The lowest BCUT2D eigenvalue weighted by Crippen LogP contribution is -2.49. The average molecular weight is 280 g/mol. The highest BCUT2D eigenvalue weighted by atomic mass is 16.5. The van der Waals surface area contributed by atoms with Crippen molar-refractivity contribution < 1.29 is 14.6 Å². The summed E-state index contributed by atoms with van der Waals surface area (Å²) >= 11 is 0. The van der Waals surface area contributed by atoms with E-state index in [2.05, 4.69) is 18.7 Å². The standard InChI is InChI=1S/C15H24N2O3/c1-3-4-19-14-6-12(16)5-13(7-14)17-8-15(9-18)20-10-11(17)2/h5-7,11,15,18H,3-4,8-10,16H2,1-2H3. The molecule has 0 aromatic heterocycles. The Morgan fingerprint density at radius 3 is 2.95 bits per heavy atom. The van der Waals surface area contributed by atoms with E-state index < -0.39 is 0 Å². The number of nitrogens with zero attached hydrogens (tertiary/aromatic N) is 1. The molecule has 0 amide bonds. The van der Waals surface area contributed by atoms with Gasteiger partial charge >= 0.3 is 0 Å². The molecular formula is C15H24N2O3. The highest BCUT2D eigenvalue weighted by molar-refractivity contribution is 5.61. The van der Waals surface area contributed by atoms with Gasteiger partial charge in [0.2, 0.25) is 0 Å². The molecule has 5 nitrogen and oxygen atoms in total. The first kappa shape index (κ1) is 14.9. The van der Waals surface area contributed by atoms with Crippen LogP contribution in [-0.2, 0) is 4.74 Å². The number of hydrogen-bond acceptors (Lipinski definition) is 5. The first-order valence-electron chi connectivity index (χ1n) is 7.16. The molecule has 1 aliphatic rings. The third kappa shape index (κ3) is 3.55. The van der Waals surface area contributed by atoms with E-state index in [1.807, 2.05) is 18.2 Å². The Labute approximate surface area is 120 Å². The summed E-state index contributed by atoms with van der Waals surface area (Å²) in [6, 6.07) is 6.03. The molecule has 5 heteroatoms. The minimum Gasteiger partial charge on any atom is -0.493 e. The number of benzene rings is 1. The van der Waals surface area contributed by atoms with Gasteiger partial charge in [0.15, 0.2) is 0 Å². The van der Waals surface area contributed by atoms with Gasteiger partial charge in [-0.05, 0) is 19.4 Å². The van der Waals surface area contributed by atoms with Crippen molar-refractivity contribution in [1.82, 2.24) is 0 Å². The predicted octanol–water partition coefficient (Wildman–Crippen LogP) is 1.64. The second kappa shape index (κ2) is 6.81. The molecule has 0 saturated carbocycles. The fraction of sp³-hybridized carbons (Fsp3) is 0.600. The zero-order valence-corrected chi connectivity index (χ0v) is 12.2. The maximum atomic E-state index is 9.27. The van der Waals surface area contributed by atoms with Gasteiger partial charge in [0.25, 0.3) is 0 Å². The molecule has 1 aliphatic heterocycles. The second-order valence-electron chi connectivity index (χ2n) is 5.25. The molecule has 2 atom stereocenters. The van der Waals surface area contributed by atoms with Crippen LogP contribution in [0.1, 0.15) is 20.3 Å². The Balaban J connectivity index is 2.19. The fourth-order valence-corrected chi connectivity index (χ4v) is 2.36. The zero-order chi connectivity index (χ0) is 14.5. The summed E-state index contributed by atoms with van der Waals surface area (Å²) in [5.41, 5.74) is 7.67. The molecule has 2 unspecified atom stereocenters. The van der Waals surface area contributed by atoms with Crippen LogP contribution in [0.5, 0.6) is 5.75 Å². The maximum absolute atomic E-state index is 9.27. The van der Waals surface area contributed by atoms with Crippen LogP contribution in [0.3, 0.4) is 0 Å². The van der Waals surface area contributed by atoms with Crippen LogP contribution in [-0.4, -0.2) is 43.6 Å². The second-order valence-corrected chi connectivity index (χ2v) is 5.25. The van der Waals surface area contributed by atoms with E-state index in [1.165, 1.54) is 0 Å². The summed E-state index contributed by atoms with van der Waals surface area (Å²) in [6.45, 7) is 6.15. The summed E-state index contributed by atoms with van der Waals surface area (Å²) in [4.78, 5) is 2.21. The molecule has 1 fully saturated rings. The van der Waals surface area contributed by atoms with Gasteiger partial charge in [-0.2, -0.15) is 0 Å². The molecular weight excluding hydrogens is 256 g/mol. The van der Waals surface area contributed by atoms with E-state index >= 15 is 0 Å². The SMILES string of the molecule is CCCOc1cc(N)cc(N2CC(CO)OCC2C)c1. The van der Waals surface area contributed by atoms with Gasteiger partial charge in [0.05, 0.1) is 25.9 Å². The molecule has 112 valence electrons. The number of aliphatic hydroxyl groups is 1. The summed E-state index contributed by atoms with van der Waals surface area (Å²) in [5.74, 6) is 0.793. The topological polar surface area (TPSA) is 68.0 Å². The lowest BCUT2D eigenvalue weighted by atomic mass is 10.1. The Morgan fingerprint density at radius 2 is 2.25 bits per heavy atom. The molecule has 3 N–H and O–H groups in total. The molecule has 0 bridgehead atoms. The van der Waals surface area contributed by atoms with Crippen molar-refractivity contribution in [2.45, 2.75) is 32.4 Å². The van der Waals surface area contributed by atoms with Gasteiger partial charge in [-0.15, -0.1) is 0 Å². The van der Waals surface area contributed by atoms with Crippen LogP contribution >= 0.6 is 0 Å². The smallest absolute Gasteiger partial charge is 0.123 e. The molecule has 0 spiro atoms. The van der Waals surface area contributed by atoms with Gasteiger partial charge in [-0.1, -0.05) is 6.92 Å². The Morgan fingerprint density at radius 1 is 1.45 bits per heavy atom. The van der Waals surface area contributed by atoms with Crippen molar-refractivity contribution in [2.75, 3.05) is 37.0 Å². The monoisotopic (exact) mass is 280 g/mol. The lowest BCUT2D eigenvalue weighted by Gasteiger charge is -2.39. The summed E-state index contributed by atoms with van der Waals surface area (Å²) < 4.78 is 11.2. The molecule has 1 saturated heterocycles. The first-order valence-corrected chi connectivity index (χ1v) is 7.16. The number of hydrogen-bond donors (Lipinski definition) is 2. The van der Waals surface area contributed by atoms with Crippen molar-refractivity contribution >= 4 is 11.4 Å². The van der Waals surface area contributed by atoms with Crippen LogP contribution in [0.4, 0.5) is 11.4 Å². The largest absolute Gasteiger partial charge is 0.493 e. The van der Waals surface area contributed by atoms with E-state index in [4.69, 9.17) is 15.2 Å². The van der Waals surface area contributed by atoms with E-state index in [-0.39, 0.29) is 18.8 Å². The Kier molecular flexibility index (Phi) is 5.09. The molecule has 1 aromatic carbocycles. The van der Waals surface area contributed by atoms with Crippen molar-refractivity contribution in [3.8, 4) is 5.75 Å². The van der Waals surface area contributed by atoms with Gasteiger partial charge < -0.3 is 25.2 Å². The highest BCUT2D eigenvalue weighted by Gasteiger charge is 2.26. The van der Waals surface area contributed by atoms with E-state index in [0.717, 1.165) is 17.9 Å². The van der Waals surface area contributed by atoms with Crippen LogP contribution in [0.2, 0.25) is 0 Å². The zero-order valence-electron chi connectivity index (χ0n) is 12.2. The number of nitrogen functional groups attached to an aromatic ring is 1. The number of morpholine rings is 1. The van der Waals surface area contributed by atoms with E-state index in [0.29, 0.717) is 25.4 Å². The average Bonchev–Trinajstić information content (AvgIpc) is 2.45. The quantitative estimate of drug-likeness (QED) is 0.803. The van der Waals surface area contributed by atoms with E-state index in [9.17, 15) is 5.11 Å². The fourth-order valence-electron chi connectivity index (χ4n) is 2.36. The highest BCUT2D eigenvalue weighted by Crippen LogP contribution is 2.29. The van der Waals surface area contributed by atoms with Crippen molar-refractivity contribution in [2.24, 2.45) is 0 Å². The number of aliphatic hydroxyl groups excluding tert-OH is 1. The van der Waals surface area contributed by atoms with Crippen LogP contribution in [0, 0.1) is 0 Å². The van der Waals surface area contributed by atoms with Crippen LogP contribution in [0.15, 0.2) is 18.2 Å². The van der Waals surface area contributed by atoms with Crippen LogP contribution < -0.4 is 15.4 Å². The maximum Gasteiger partial charge on any atom is 0.123 e. The van der Waals surface area contributed by atoms with Crippen LogP contribution in [0.25, 0.3) is 0 Å². The Bertz CT molecular complexity index is 439. The van der Waals surface area contributed by atoms with Gasteiger partial charge in [0.1, 0.15) is 5.75 Å². The minimum atomic E-state index is -0.146. The number of rotatable bonds is 5. The summed E-state index contributed by atoms with van der Waals surface area (Å²) in [7, 11) is 0. The number of anilines is 2. The lowest BCUT2D eigenvalue weighted by molar-refractivity contribution is -0.0103. The Hall–Kier alpha value is -1.46. The molecule has 1 aromatic rings. The molecule has 2 rings (SSSR count). The number of ether oxygens (including phenoxy) is 2. The van der Waals surface area contributed by atoms with Gasteiger partial charge in [-0.25, -0.2) is 0 Å².